The van der Waals surface area contributed by atoms with Gasteiger partial charge in [-0.1, -0.05) is 24.3 Å². The fraction of sp³-hybridized carbons (Fsp3) is 0.261. The van der Waals surface area contributed by atoms with Crippen molar-refractivity contribution in [1.29, 1.82) is 0 Å². The molecule has 0 aliphatic rings. The number of alkyl halides is 3. The Morgan fingerprint density at radius 3 is 2.34 bits per heavy atom. The smallest absolute Gasteiger partial charge is 0.352 e. The maximum atomic E-state index is 13.6. The molecule has 0 saturated carbocycles. The molecular weight excluding hydrogens is 421 g/mol. The summed E-state index contributed by atoms with van der Waals surface area (Å²) in [5, 5.41) is 9.32. The van der Waals surface area contributed by atoms with Crippen molar-refractivity contribution in [3.8, 4) is 5.69 Å². The number of nitrogens with one attached hydrogen (secondary N) is 2. The van der Waals surface area contributed by atoms with E-state index < -0.39 is 17.6 Å². The monoisotopic (exact) mass is 444 g/mol. The van der Waals surface area contributed by atoms with E-state index in [-0.39, 0.29) is 31.0 Å². The molecule has 0 atom stereocenters. The standard InChI is InChI=1S/C23H23F3N4O2/c1-15-12-16(2)30(29-15)19-9-8-18(20(13-19)23(24,25)26)14-28-21(31)10-11-27-22(32)17-6-4-3-5-7-17/h3-9,12-13H,10-11,14H2,1-2H3,(H,27,32)(H,28,31). The van der Waals surface area contributed by atoms with Gasteiger partial charge in [0.1, 0.15) is 0 Å². The zero-order valence-electron chi connectivity index (χ0n) is 17.7. The zero-order valence-corrected chi connectivity index (χ0v) is 17.7. The predicted molar refractivity (Wildman–Crippen MR) is 113 cm³/mol. The van der Waals surface area contributed by atoms with Crippen LogP contribution in [0.5, 0.6) is 0 Å². The number of halogens is 3. The van der Waals surface area contributed by atoms with Gasteiger partial charge in [-0.2, -0.15) is 18.3 Å². The molecule has 0 fully saturated rings. The lowest BCUT2D eigenvalue weighted by Gasteiger charge is -2.16. The van der Waals surface area contributed by atoms with Crippen LogP contribution in [0.4, 0.5) is 13.2 Å². The van der Waals surface area contributed by atoms with Crippen molar-refractivity contribution in [3.05, 3.63) is 82.7 Å². The number of carbonyl (C=O) groups excluding carboxylic acids is 2. The number of aryl methyl sites for hydroxylation is 2. The third-order valence-corrected chi connectivity index (χ3v) is 4.80. The number of hydrogen-bond donors (Lipinski definition) is 2. The second kappa shape index (κ2) is 9.67. The third-order valence-electron chi connectivity index (χ3n) is 4.80. The lowest BCUT2D eigenvalue weighted by Crippen LogP contribution is -2.31. The van der Waals surface area contributed by atoms with Gasteiger partial charge in [0, 0.05) is 30.8 Å². The molecule has 32 heavy (non-hydrogen) atoms. The highest BCUT2D eigenvalue weighted by molar-refractivity contribution is 5.94. The van der Waals surface area contributed by atoms with Gasteiger partial charge in [0.15, 0.2) is 0 Å². The highest BCUT2D eigenvalue weighted by Gasteiger charge is 2.34. The van der Waals surface area contributed by atoms with Crippen LogP contribution in [-0.2, 0) is 17.5 Å². The van der Waals surface area contributed by atoms with Gasteiger partial charge in [0.25, 0.3) is 5.91 Å². The number of amides is 2. The first-order valence-electron chi connectivity index (χ1n) is 9.99. The summed E-state index contributed by atoms with van der Waals surface area (Å²) in [6, 6.07) is 14.2. The van der Waals surface area contributed by atoms with Gasteiger partial charge in [-0.3, -0.25) is 9.59 Å². The molecule has 0 spiro atoms. The lowest BCUT2D eigenvalue weighted by atomic mass is 10.1. The summed E-state index contributed by atoms with van der Waals surface area (Å²) < 4.78 is 42.4. The Morgan fingerprint density at radius 2 is 1.72 bits per heavy atom. The number of rotatable bonds is 7. The highest BCUT2D eigenvalue weighted by atomic mass is 19.4. The maximum absolute atomic E-state index is 13.6. The first-order chi connectivity index (χ1) is 15.1. The van der Waals surface area contributed by atoms with E-state index in [9.17, 15) is 22.8 Å². The van der Waals surface area contributed by atoms with E-state index in [1.165, 1.54) is 16.8 Å². The first-order valence-corrected chi connectivity index (χ1v) is 9.99. The fourth-order valence-corrected chi connectivity index (χ4v) is 3.27. The molecule has 6 nitrogen and oxygen atoms in total. The predicted octanol–water partition coefficient (Wildman–Crippen LogP) is 3.94. The number of carbonyl (C=O) groups is 2. The van der Waals surface area contributed by atoms with Gasteiger partial charge in [-0.15, -0.1) is 0 Å². The van der Waals surface area contributed by atoms with Gasteiger partial charge in [0.05, 0.1) is 16.9 Å². The molecule has 0 aliphatic carbocycles. The summed E-state index contributed by atoms with van der Waals surface area (Å²) in [6.45, 7) is 3.32. The largest absolute Gasteiger partial charge is 0.416 e. The summed E-state index contributed by atoms with van der Waals surface area (Å²) >= 11 is 0. The van der Waals surface area contributed by atoms with Crippen molar-refractivity contribution in [2.75, 3.05) is 6.54 Å². The third kappa shape index (κ3) is 5.75. The fourth-order valence-electron chi connectivity index (χ4n) is 3.27. The molecule has 0 unspecified atom stereocenters. The summed E-state index contributed by atoms with van der Waals surface area (Å²) in [6.07, 6.45) is -4.64. The van der Waals surface area contributed by atoms with Crippen LogP contribution in [0.1, 0.15) is 39.3 Å². The SMILES string of the molecule is Cc1cc(C)n(-c2ccc(CNC(=O)CCNC(=O)c3ccccc3)c(C(F)(F)F)c2)n1. The minimum Gasteiger partial charge on any atom is -0.352 e. The van der Waals surface area contributed by atoms with Crippen molar-refractivity contribution in [3.63, 3.8) is 0 Å². The van der Waals surface area contributed by atoms with Gasteiger partial charge >= 0.3 is 6.18 Å². The molecule has 1 aromatic heterocycles. The van der Waals surface area contributed by atoms with E-state index >= 15 is 0 Å². The quantitative estimate of drug-likeness (QED) is 0.580. The first kappa shape index (κ1) is 23.1. The normalized spacial score (nSPS) is 11.3. The van der Waals surface area contributed by atoms with E-state index in [0.717, 1.165) is 6.07 Å². The van der Waals surface area contributed by atoms with Crippen molar-refractivity contribution in [2.45, 2.75) is 33.0 Å². The van der Waals surface area contributed by atoms with Crippen LogP contribution >= 0.6 is 0 Å². The molecule has 168 valence electrons. The molecular formula is C23H23F3N4O2. The van der Waals surface area contributed by atoms with E-state index in [1.54, 1.807) is 50.2 Å². The van der Waals surface area contributed by atoms with Crippen LogP contribution in [0.3, 0.4) is 0 Å². The average Bonchev–Trinajstić information content (AvgIpc) is 3.10. The van der Waals surface area contributed by atoms with Crippen LogP contribution in [0, 0.1) is 13.8 Å². The Labute approximate surface area is 183 Å². The molecule has 2 N–H and O–H groups in total. The number of benzene rings is 2. The van der Waals surface area contributed by atoms with Crippen molar-refractivity contribution < 1.29 is 22.8 Å². The Bertz CT molecular complexity index is 1110. The van der Waals surface area contributed by atoms with Gasteiger partial charge in [0.2, 0.25) is 5.91 Å². The van der Waals surface area contributed by atoms with Gasteiger partial charge < -0.3 is 10.6 Å². The summed E-state index contributed by atoms with van der Waals surface area (Å²) in [4.78, 5) is 24.0. The summed E-state index contributed by atoms with van der Waals surface area (Å²) in [5.41, 5.74) is 1.29. The van der Waals surface area contributed by atoms with Crippen LogP contribution in [0.15, 0.2) is 54.6 Å². The minimum atomic E-state index is -4.59. The molecule has 0 bridgehead atoms. The Balaban J connectivity index is 1.62. The minimum absolute atomic E-state index is 0.0514. The number of aromatic nitrogens is 2. The van der Waals surface area contributed by atoms with Crippen LogP contribution < -0.4 is 10.6 Å². The van der Waals surface area contributed by atoms with Crippen molar-refractivity contribution in [1.82, 2.24) is 20.4 Å². The van der Waals surface area contributed by atoms with Crippen LogP contribution in [-0.4, -0.2) is 28.1 Å². The molecule has 1 heterocycles. The zero-order chi connectivity index (χ0) is 23.3. The van der Waals surface area contributed by atoms with E-state index in [2.05, 4.69) is 15.7 Å². The Hall–Kier alpha value is -3.62. The average molecular weight is 444 g/mol. The Kier molecular flexibility index (Phi) is 6.97. The second-order valence-corrected chi connectivity index (χ2v) is 7.33. The van der Waals surface area contributed by atoms with Crippen molar-refractivity contribution in [2.24, 2.45) is 0 Å². The molecule has 2 aromatic carbocycles. The molecule has 0 saturated heterocycles. The summed E-state index contributed by atoms with van der Waals surface area (Å²) in [5.74, 6) is -0.786. The topological polar surface area (TPSA) is 76.0 Å². The van der Waals surface area contributed by atoms with E-state index in [1.807, 2.05) is 0 Å². The van der Waals surface area contributed by atoms with Gasteiger partial charge in [-0.25, -0.2) is 4.68 Å². The van der Waals surface area contributed by atoms with E-state index in [0.29, 0.717) is 22.6 Å². The molecule has 3 rings (SSSR count). The highest BCUT2D eigenvalue weighted by Crippen LogP contribution is 2.33. The number of nitrogens with zero attached hydrogens (tertiary/aromatic N) is 2. The van der Waals surface area contributed by atoms with Crippen LogP contribution in [0.25, 0.3) is 5.69 Å². The lowest BCUT2D eigenvalue weighted by molar-refractivity contribution is -0.138. The maximum Gasteiger partial charge on any atom is 0.416 e. The molecule has 9 heteroatoms. The molecule has 0 radical (unpaired) electrons. The Morgan fingerprint density at radius 1 is 1.00 bits per heavy atom. The van der Waals surface area contributed by atoms with Crippen molar-refractivity contribution >= 4 is 11.8 Å². The van der Waals surface area contributed by atoms with Gasteiger partial charge in [-0.05, 0) is 49.7 Å². The molecule has 0 aliphatic heterocycles. The molecule has 3 aromatic rings. The number of hydrogen-bond acceptors (Lipinski definition) is 3. The van der Waals surface area contributed by atoms with E-state index in [4.69, 9.17) is 0 Å². The van der Waals surface area contributed by atoms with Crippen LogP contribution in [0.2, 0.25) is 0 Å². The summed E-state index contributed by atoms with van der Waals surface area (Å²) in [7, 11) is 0. The molecule has 2 amide bonds. The second-order valence-electron chi connectivity index (χ2n) is 7.33.